The minimum Gasteiger partial charge on any atom is -0.316 e. The molecular weight excluding hydrogens is 214 g/mol. The number of aromatic amines is 1. The number of hydrogen-bond acceptors (Lipinski definition) is 3. The van der Waals surface area contributed by atoms with Crippen LogP contribution >= 0.6 is 0 Å². The van der Waals surface area contributed by atoms with Gasteiger partial charge < -0.3 is 10.3 Å². The Morgan fingerprint density at radius 2 is 2.29 bits per heavy atom. The van der Waals surface area contributed by atoms with E-state index in [1.807, 2.05) is 6.92 Å². The van der Waals surface area contributed by atoms with E-state index in [2.05, 4.69) is 22.2 Å². The molecule has 1 atom stereocenters. The van der Waals surface area contributed by atoms with E-state index in [1.165, 1.54) is 12.8 Å². The van der Waals surface area contributed by atoms with Gasteiger partial charge in [0.1, 0.15) is 0 Å². The third-order valence-corrected chi connectivity index (χ3v) is 3.61. The highest BCUT2D eigenvalue weighted by atomic mass is 16.1. The Morgan fingerprint density at radius 1 is 1.47 bits per heavy atom. The smallest absolute Gasteiger partial charge is 0.316 e. The molecule has 1 aliphatic rings. The largest absolute Gasteiger partial charge is 0.345 e. The first-order valence-corrected chi connectivity index (χ1v) is 6.50. The number of nitrogens with zero attached hydrogens (tertiary/aromatic N) is 1. The van der Waals surface area contributed by atoms with E-state index in [1.54, 1.807) is 0 Å². The van der Waals surface area contributed by atoms with Crippen molar-refractivity contribution in [3.8, 4) is 0 Å². The highest BCUT2D eigenvalue weighted by Gasteiger charge is 2.16. The average Bonchev–Trinajstić information content (AvgIpc) is 2.34. The van der Waals surface area contributed by atoms with Gasteiger partial charge in [-0.05, 0) is 57.2 Å². The molecule has 0 bridgehead atoms. The lowest BCUT2D eigenvalue weighted by Gasteiger charge is -2.23. The lowest BCUT2D eigenvalue weighted by Crippen LogP contribution is -2.32. The summed E-state index contributed by atoms with van der Waals surface area (Å²) >= 11 is 0. The molecule has 1 aromatic heterocycles. The van der Waals surface area contributed by atoms with Crippen molar-refractivity contribution < 1.29 is 0 Å². The van der Waals surface area contributed by atoms with Gasteiger partial charge in [0.05, 0.1) is 5.69 Å². The summed E-state index contributed by atoms with van der Waals surface area (Å²) in [5, 5.41) is 3.41. The van der Waals surface area contributed by atoms with Gasteiger partial charge in [-0.3, -0.25) is 0 Å². The Bertz CT molecular complexity index is 433. The van der Waals surface area contributed by atoms with Crippen molar-refractivity contribution in [2.75, 3.05) is 13.1 Å². The van der Waals surface area contributed by atoms with Crippen molar-refractivity contribution in [1.29, 1.82) is 0 Å². The number of nitrogens with one attached hydrogen (secondary N) is 2. The van der Waals surface area contributed by atoms with E-state index in [9.17, 15) is 4.79 Å². The molecule has 1 saturated heterocycles. The topological polar surface area (TPSA) is 57.8 Å². The molecule has 4 nitrogen and oxygen atoms in total. The second kappa shape index (κ2) is 5.45. The Labute approximate surface area is 102 Å². The molecule has 2 rings (SSSR count). The van der Waals surface area contributed by atoms with E-state index in [4.69, 9.17) is 0 Å². The first-order valence-electron chi connectivity index (χ1n) is 6.50. The molecule has 4 heteroatoms. The van der Waals surface area contributed by atoms with Crippen molar-refractivity contribution >= 4 is 0 Å². The molecule has 94 valence electrons. The average molecular weight is 235 g/mol. The fraction of sp³-hybridized carbons (Fsp3) is 0.692. The van der Waals surface area contributed by atoms with Crippen LogP contribution in [0.4, 0.5) is 0 Å². The van der Waals surface area contributed by atoms with Crippen molar-refractivity contribution in [3.05, 3.63) is 27.4 Å². The van der Waals surface area contributed by atoms with E-state index < -0.39 is 0 Å². The Morgan fingerprint density at radius 3 is 2.94 bits per heavy atom. The monoisotopic (exact) mass is 235 g/mol. The molecule has 1 unspecified atom stereocenters. The molecular formula is C13H21N3O. The maximum atomic E-state index is 11.5. The number of aromatic nitrogens is 2. The summed E-state index contributed by atoms with van der Waals surface area (Å²) in [6.07, 6.45) is 4.27. The molecule has 0 spiro atoms. The first kappa shape index (κ1) is 12.3. The van der Waals surface area contributed by atoms with E-state index in [0.29, 0.717) is 5.92 Å². The zero-order chi connectivity index (χ0) is 12.3. The van der Waals surface area contributed by atoms with Gasteiger partial charge in [-0.1, -0.05) is 6.92 Å². The summed E-state index contributed by atoms with van der Waals surface area (Å²) in [4.78, 5) is 18.4. The molecule has 1 aromatic rings. The van der Waals surface area contributed by atoms with Gasteiger partial charge in [0, 0.05) is 5.69 Å². The van der Waals surface area contributed by atoms with Crippen LogP contribution in [-0.2, 0) is 12.8 Å². The van der Waals surface area contributed by atoms with Crippen LogP contribution < -0.4 is 11.0 Å². The second-order valence-corrected chi connectivity index (χ2v) is 4.86. The van der Waals surface area contributed by atoms with Crippen molar-refractivity contribution in [1.82, 2.24) is 15.3 Å². The summed E-state index contributed by atoms with van der Waals surface area (Å²) in [7, 11) is 0. The summed E-state index contributed by atoms with van der Waals surface area (Å²) in [6, 6.07) is 0. The maximum absolute atomic E-state index is 11.5. The quantitative estimate of drug-likeness (QED) is 0.827. The van der Waals surface area contributed by atoms with Gasteiger partial charge in [-0.2, -0.15) is 4.98 Å². The summed E-state index contributed by atoms with van der Waals surface area (Å²) < 4.78 is 0. The van der Waals surface area contributed by atoms with Crippen molar-refractivity contribution in [3.63, 3.8) is 0 Å². The van der Waals surface area contributed by atoms with Gasteiger partial charge in [-0.25, -0.2) is 4.79 Å². The van der Waals surface area contributed by atoms with Gasteiger partial charge in [0.2, 0.25) is 0 Å². The van der Waals surface area contributed by atoms with Gasteiger partial charge in [0.25, 0.3) is 0 Å². The third kappa shape index (κ3) is 2.94. The van der Waals surface area contributed by atoms with Crippen LogP contribution in [0.3, 0.4) is 0 Å². The Balaban J connectivity index is 2.19. The Kier molecular flexibility index (Phi) is 3.94. The normalized spacial score (nSPS) is 20.5. The first-order chi connectivity index (χ1) is 8.20. The van der Waals surface area contributed by atoms with Crippen LogP contribution in [0.2, 0.25) is 0 Å². The van der Waals surface area contributed by atoms with Crippen LogP contribution in [-0.4, -0.2) is 23.1 Å². The van der Waals surface area contributed by atoms with Gasteiger partial charge in [-0.15, -0.1) is 0 Å². The zero-order valence-corrected chi connectivity index (χ0v) is 10.7. The van der Waals surface area contributed by atoms with Crippen molar-refractivity contribution in [2.45, 2.75) is 39.5 Å². The van der Waals surface area contributed by atoms with E-state index >= 15 is 0 Å². The molecule has 0 radical (unpaired) electrons. The summed E-state index contributed by atoms with van der Waals surface area (Å²) in [5.41, 5.74) is 2.98. The van der Waals surface area contributed by atoms with Crippen molar-refractivity contribution in [2.24, 2.45) is 5.92 Å². The summed E-state index contributed by atoms with van der Waals surface area (Å²) in [5.74, 6) is 0.644. The molecule has 17 heavy (non-hydrogen) atoms. The fourth-order valence-corrected chi connectivity index (χ4v) is 2.57. The predicted molar refractivity (Wildman–Crippen MR) is 68.3 cm³/mol. The minimum absolute atomic E-state index is 0.203. The highest BCUT2D eigenvalue weighted by Crippen LogP contribution is 2.17. The lowest BCUT2D eigenvalue weighted by atomic mass is 9.93. The number of hydrogen-bond donors (Lipinski definition) is 2. The molecule has 0 saturated carbocycles. The molecule has 2 heterocycles. The highest BCUT2D eigenvalue weighted by molar-refractivity contribution is 5.23. The van der Waals surface area contributed by atoms with Crippen LogP contribution in [0.1, 0.15) is 36.7 Å². The van der Waals surface area contributed by atoms with Crippen LogP contribution in [0.25, 0.3) is 0 Å². The number of rotatable bonds is 3. The summed E-state index contributed by atoms with van der Waals surface area (Å²) in [6.45, 7) is 6.29. The SMILES string of the molecule is CCc1nc(=O)[nH]c(CC2CCCNC2)c1C. The fourth-order valence-electron chi connectivity index (χ4n) is 2.57. The number of H-pyrrole nitrogens is 1. The molecule has 1 aliphatic heterocycles. The van der Waals surface area contributed by atoms with Crippen LogP contribution in [0.5, 0.6) is 0 Å². The van der Waals surface area contributed by atoms with E-state index in [0.717, 1.165) is 42.9 Å². The number of piperidine rings is 1. The standard InChI is InChI=1S/C13H21N3O/c1-3-11-9(2)12(16-13(17)15-11)7-10-5-4-6-14-8-10/h10,14H,3-8H2,1-2H3,(H,15,16,17). The third-order valence-electron chi connectivity index (χ3n) is 3.61. The maximum Gasteiger partial charge on any atom is 0.345 e. The van der Waals surface area contributed by atoms with E-state index in [-0.39, 0.29) is 5.69 Å². The molecule has 0 amide bonds. The van der Waals surface area contributed by atoms with Crippen LogP contribution in [0.15, 0.2) is 4.79 Å². The lowest BCUT2D eigenvalue weighted by molar-refractivity contribution is 0.372. The predicted octanol–water partition coefficient (Wildman–Crippen LogP) is 1.18. The second-order valence-electron chi connectivity index (χ2n) is 4.86. The molecule has 2 N–H and O–H groups in total. The number of aryl methyl sites for hydroxylation is 1. The molecule has 1 fully saturated rings. The Hall–Kier alpha value is -1.16. The minimum atomic E-state index is -0.203. The van der Waals surface area contributed by atoms with Crippen LogP contribution in [0, 0.1) is 12.8 Å². The van der Waals surface area contributed by atoms with Gasteiger partial charge >= 0.3 is 5.69 Å². The van der Waals surface area contributed by atoms with Gasteiger partial charge in [0.15, 0.2) is 0 Å². The zero-order valence-electron chi connectivity index (χ0n) is 10.7. The molecule has 0 aromatic carbocycles. The molecule has 0 aliphatic carbocycles.